The Hall–Kier alpha value is -0.280. The van der Waals surface area contributed by atoms with E-state index in [1.54, 1.807) is 11.3 Å². The van der Waals surface area contributed by atoms with E-state index in [2.05, 4.69) is 4.98 Å². The zero-order valence-electron chi connectivity index (χ0n) is 4.42. The van der Waals surface area contributed by atoms with Gasteiger partial charge in [-0.2, -0.15) is 0 Å². The molecule has 2 N–H and O–H groups in total. The molecule has 0 aliphatic carbocycles. The number of hydrogen-bond acceptors (Lipinski definition) is 3. The van der Waals surface area contributed by atoms with E-state index >= 15 is 0 Å². The van der Waals surface area contributed by atoms with E-state index in [-0.39, 0.29) is 12.4 Å². The van der Waals surface area contributed by atoms with Crippen LogP contribution in [-0.4, -0.2) is 4.98 Å². The van der Waals surface area contributed by atoms with Gasteiger partial charge in [-0.3, -0.25) is 0 Å². The second-order valence-corrected chi connectivity index (χ2v) is 2.35. The van der Waals surface area contributed by atoms with Crippen LogP contribution in [0.4, 0.5) is 5.82 Å². The van der Waals surface area contributed by atoms with Gasteiger partial charge in [-0.05, 0) is 6.92 Å². The Balaban J connectivity index is 0.000000490. The van der Waals surface area contributed by atoms with Gasteiger partial charge in [0.2, 0.25) is 0 Å². The monoisotopic (exact) mass is 150 g/mol. The Labute approximate surface area is 58.1 Å². The average molecular weight is 151 g/mol. The van der Waals surface area contributed by atoms with Crippen molar-refractivity contribution in [2.75, 3.05) is 5.73 Å². The number of nitrogen functional groups attached to an aromatic ring is 1. The van der Waals surface area contributed by atoms with Gasteiger partial charge in [0.15, 0.2) is 0 Å². The molecule has 0 unspecified atom stereocenters. The fraction of sp³-hybridized carbons (Fsp3) is 0.250. The summed E-state index contributed by atoms with van der Waals surface area (Å²) in [5.74, 6) is 0.627. The lowest BCUT2D eigenvalue weighted by atomic mass is 10.8. The highest BCUT2D eigenvalue weighted by atomic mass is 35.5. The molecule has 0 saturated heterocycles. The number of aryl methyl sites for hydroxylation is 1. The first-order valence-corrected chi connectivity index (χ1v) is 2.84. The van der Waals surface area contributed by atoms with Crippen molar-refractivity contribution in [1.82, 2.24) is 4.98 Å². The maximum Gasteiger partial charge on any atom is 0.134 e. The number of nitrogens with zero attached hydrogens (tertiary/aromatic N) is 1. The highest BCUT2D eigenvalue weighted by Gasteiger charge is 1.86. The highest BCUT2D eigenvalue weighted by Crippen LogP contribution is 2.07. The van der Waals surface area contributed by atoms with Gasteiger partial charge in [0.05, 0.1) is 5.01 Å². The van der Waals surface area contributed by atoms with E-state index in [4.69, 9.17) is 5.73 Å². The normalized spacial score (nSPS) is 8.12. The van der Waals surface area contributed by atoms with Crippen LogP contribution in [0.2, 0.25) is 0 Å². The molecule has 1 aromatic heterocycles. The Morgan fingerprint density at radius 1 is 1.75 bits per heavy atom. The number of halogens is 1. The van der Waals surface area contributed by atoms with E-state index in [9.17, 15) is 0 Å². The number of thiazole rings is 1. The number of rotatable bonds is 0. The van der Waals surface area contributed by atoms with Crippen LogP contribution < -0.4 is 5.73 Å². The molecule has 0 atom stereocenters. The molecule has 0 spiro atoms. The summed E-state index contributed by atoms with van der Waals surface area (Å²) < 4.78 is 0. The number of nitrogens with two attached hydrogens (primary N) is 1. The van der Waals surface area contributed by atoms with Crippen LogP contribution in [-0.2, 0) is 0 Å². The molecule has 0 saturated carbocycles. The van der Waals surface area contributed by atoms with Gasteiger partial charge in [-0.25, -0.2) is 4.98 Å². The first-order valence-electron chi connectivity index (χ1n) is 1.96. The lowest BCUT2D eigenvalue weighted by Crippen LogP contribution is -1.81. The Morgan fingerprint density at radius 3 is 2.50 bits per heavy atom. The van der Waals surface area contributed by atoms with Crippen LogP contribution in [0.3, 0.4) is 0 Å². The third kappa shape index (κ3) is 1.68. The van der Waals surface area contributed by atoms with Gasteiger partial charge in [0.1, 0.15) is 5.82 Å². The summed E-state index contributed by atoms with van der Waals surface area (Å²) >= 11 is 1.57. The van der Waals surface area contributed by atoms with Crippen molar-refractivity contribution < 1.29 is 0 Å². The first-order chi connectivity index (χ1) is 3.29. The van der Waals surface area contributed by atoms with Crippen molar-refractivity contribution in [3.05, 3.63) is 10.4 Å². The van der Waals surface area contributed by atoms with Crippen LogP contribution in [0.25, 0.3) is 0 Å². The minimum atomic E-state index is 0. The maximum absolute atomic E-state index is 5.28. The van der Waals surface area contributed by atoms with Crippen molar-refractivity contribution in [2.45, 2.75) is 6.92 Å². The van der Waals surface area contributed by atoms with E-state index in [0.717, 1.165) is 5.01 Å². The molecule has 2 nitrogen and oxygen atoms in total. The van der Waals surface area contributed by atoms with Crippen molar-refractivity contribution in [3.8, 4) is 0 Å². The minimum Gasteiger partial charge on any atom is -0.383 e. The molecule has 0 aliphatic rings. The quantitative estimate of drug-likeness (QED) is 0.608. The predicted molar refractivity (Wildman–Crippen MR) is 38.5 cm³/mol. The van der Waals surface area contributed by atoms with Crippen LogP contribution in [0.1, 0.15) is 5.01 Å². The zero-order valence-corrected chi connectivity index (χ0v) is 6.05. The second kappa shape index (κ2) is 2.89. The molecule has 0 fully saturated rings. The van der Waals surface area contributed by atoms with E-state index in [0.29, 0.717) is 5.82 Å². The topological polar surface area (TPSA) is 38.9 Å². The van der Waals surface area contributed by atoms with Gasteiger partial charge < -0.3 is 5.73 Å². The summed E-state index contributed by atoms with van der Waals surface area (Å²) in [6.07, 6.45) is 0. The molecule has 0 bridgehead atoms. The lowest BCUT2D eigenvalue weighted by molar-refractivity contribution is 1.31. The molecule has 1 rings (SSSR count). The highest BCUT2D eigenvalue weighted by molar-refractivity contribution is 7.09. The molecule has 1 aromatic rings. The molecular formula is C4H7ClN2S. The summed E-state index contributed by atoms with van der Waals surface area (Å²) in [4.78, 5) is 3.91. The van der Waals surface area contributed by atoms with E-state index in [1.165, 1.54) is 0 Å². The van der Waals surface area contributed by atoms with Gasteiger partial charge >= 0.3 is 0 Å². The molecule has 8 heavy (non-hydrogen) atoms. The third-order valence-electron chi connectivity index (χ3n) is 0.637. The van der Waals surface area contributed by atoms with Gasteiger partial charge in [0.25, 0.3) is 0 Å². The summed E-state index contributed by atoms with van der Waals surface area (Å²) in [5.41, 5.74) is 5.28. The number of hydrogen-bond donors (Lipinski definition) is 1. The summed E-state index contributed by atoms with van der Waals surface area (Å²) in [5, 5.41) is 2.85. The standard InChI is InChI=1S/C4H6N2S.ClH/c1-3-6-4(5)2-7-3;/h2H,5H2,1H3;1H. The lowest BCUT2D eigenvalue weighted by Gasteiger charge is -1.72. The molecule has 0 radical (unpaired) electrons. The third-order valence-corrected chi connectivity index (χ3v) is 1.43. The van der Waals surface area contributed by atoms with E-state index in [1.807, 2.05) is 12.3 Å². The minimum absolute atomic E-state index is 0. The first kappa shape index (κ1) is 7.72. The van der Waals surface area contributed by atoms with Gasteiger partial charge in [-0.1, -0.05) is 0 Å². The summed E-state index contributed by atoms with van der Waals surface area (Å²) in [6, 6.07) is 0. The van der Waals surface area contributed by atoms with Gasteiger partial charge in [0, 0.05) is 5.38 Å². The maximum atomic E-state index is 5.28. The smallest absolute Gasteiger partial charge is 0.134 e. The Bertz CT molecular complexity index is 146. The van der Waals surface area contributed by atoms with Crippen molar-refractivity contribution >= 4 is 29.6 Å². The zero-order chi connectivity index (χ0) is 5.28. The molecule has 1 heterocycles. The SMILES string of the molecule is Cc1nc(N)cs1.Cl. The summed E-state index contributed by atoms with van der Waals surface area (Å²) in [6.45, 7) is 1.93. The molecule has 4 heteroatoms. The van der Waals surface area contributed by atoms with Crippen LogP contribution >= 0.6 is 23.7 Å². The number of anilines is 1. The number of aromatic nitrogens is 1. The Morgan fingerprint density at radius 2 is 2.38 bits per heavy atom. The van der Waals surface area contributed by atoms with Crippen molar-refractivity contribution in [1.29, 1.82) is 0 Å². The predicted octanol–water partition coefficient (Wildman–Crippen LogP) is 1.46. The van der Waals surface area contributed by atoms with Crippen molar-refractivity contribution in [2.24, 2.45) is 0 Å². The van der Waals surface area contributed by atoms with Gasteiger partial charge in [-0.15, -0.1) is 23.7 Å². The molecular weight excluding hydrogens is 144 g/mol. The van der Waals surface area contributed by atoms with Crippen LogP contribution in [0, 0.1) is 6.92 Å². The van der Waals surface area contributed by atoms with Crippen molar-refractivity contribution in [3.63, 3.8) is 0 Å². The largest absolute Gasteiger partial charge is 0.383 e. The fourth-order valence-electron chi connectivity index (χ4n) is 0.380. The molecule has 0 aliphatic heterocycles. The summed E-state index contributed by atoms with van der Waals surface area (Å²) in [7, 11) is 0. The molecule has 46 valence electrons. The second-order valence-electron chi connectivity index (χ2n) is 1.29. The average Bonchev–Trinajstić information content (AvgIpc) is 1.87. The molecule has 0 amide bonds. The molecule has 0 aromatic carbocycles. The fourth-order valence-corrected chi connectivity index (χ4v) is 0.882. The van der Waals surface area contributed by atoms with E-state index < -0.39 is 0 Å². The Kier molecular flexibility index (Phi) is 2.79. The van der Waals surface area contributed by atoms with Crippen LogP contribution in [0.15, 0.2) is 5.38 Å². The van der Waals surface area contributed by atoms with Crippen LogP contribution in [0.5, 0.6) is 0 Å².